The molecule has 1 heterocycles. The highest BCUT2D eigenvalue weighted by molar-refractivity contribution is 7.98. The highest BCUT2D eigenvalue weighted by atomic mass is 32.2. The van der Waals surface area contributed by atoms with Gasteiger partial charge in [-0.05, 0) is 25.5 Å². The minimum atomic E-state index is 0.573. The van der Waals surface area contributed by atoms with Crippen LogP contribution in [0.5, 0.6) is 0 Å². The van der Waals surface area contributed by atoms with Crippen molar-refractivity contribution in [3.8, 4) is 0 Å². The number of aromatic nitrogens is 1. The summed E-state index contributed by atoms with van der Waals surface area (Å²) in [4.78, 5) is 7.12. The van der Waals surface area contributed by atoms with Crippen molar-refractivity contribution in [3.05, 3.63) is 46.4 Å². The molecule has 0 aliphatic carbocycles. The highest BCUT2D eigenvalue weighted by Crippen LogP contribution is 2.24. The Balaban J connectivity index is 1.81. The van der Waals surface area contributed by atoms with Crippen molar-refractivity contribution in [1.29, 1.82) is 0 Å². The maximum atomic E-state index is 4.49. The molecule has 2 nitrogen and oxygen atoms in total. The van der Waals surface area contributed by atoms with E-state index in [0.717, 1.165) is 18.7 Å². The fourth-order valence-corrected chi connectivity index (χ4v) is 3.37. The maximum Gasteiger partial charge on any atom is 0.103 e. The molecule has 0 saturated carbocycles. The molecular weight excluding hydrogens is 272 g/mol. The highest BCUT2D eigenvalue weighted by Gasteiger charge is 2.04. The van der Waals surface area contributed by atoms with E-state index >= 15 is 0 Å². The van der Waals surface area contributed by atoms with Gasteiger partial charge in [-0.15, -0.1) is 23.1 Å². The molecule has 102 valence electrons. The molecule has 0 aliphatic heterocycles. The lowest BCUT2D eigenvalue weighted by atomic mass is 10.2. The lowest BCUT2D eigenvalue weighted by molar-refractivity contribution is 0.537. The van der Waals surface area contributed by atoms with Gasteiger partial charge in [0.2, 0.25) is 0 Å². The lowest BCUT2D eigenvalue weighted by Crippen LogP contribution is -2.23. The molecule has 1 aromatic heterocycles. The first kappa shape index (κ1) is 14.6. The van der Waals surface area contributed by atoms with Crippen molar-refractivity contribution < 1.29 is 0 Å². The SMILES string of the molecule is CCC(C)NCc1cnc(CSc2ccccc2)s1. The van der Waals surface area contributed by atoms with E-state index in [1.54, 1.807) is 0 Å². The van der Waals surface area contributed by atoms with Crippen LogP contribution < -0.4 is 5.32 Å². The van der Waals surface area contributed by atoms with Crippen LogP contribution in [0.1, 0.15) is 30.2 Å². The summed E-state index contributed by atoms with van der Waals surface area (Å²) in [5.41, 5.74) is 0. The largest absolute Gasteiger partial charge is 0.309 e. The molecule has 1 atom stereocenters. The summed E-state index contributed by atoms with van der Waals surface area (Å²) in [5.74, 6) is 0.956. The molecule has 0 radical (unpaired) electrons. The smallest absolute Gasteiger partial charge is 0.103 e. The van der Waals surface area contributed by atoms with Crippen LogP contribution in [-0.2, 0) is 12.3 Å². The molecule has 0 amide bonds. The molecule has 0 fully saturated rings. The van der Waals surface area contributed by atoms with Crippen molar-refractivity contribution in [3.63, 3.8) is 0 Å². The van der Waals surface area contributed by atoms with Gasteiger partial charge >= 0.3 is 0 Å². The Labute approximate surface area is 123 Å². The summed E-state index contributed by atoms with van der Waals surface area (Å²) < 4.78 is 0. The zero-order chi connectivity index (χ0) is 13.5. The third-order valence-corrected chi connectivity index (χ3v) is 5.15. The molecule has 0 spiro atoms. The number of nitrogens with zero attached hydrogens (tertiary/aromatic N) is 1. The number of thioether (sulfide) groups is 1. The van der Waals surface area contributed by atoms with E-state index in [-0.39, 0.29) is 0 Å². The standard InChI is InChI=1S/C15H20N2S2/c1-3-12(2)16-9-14-10-17-15(19-14)11-18-13-7-5-4-6-8-13/h4-8,10,12,16H,3,9,11H2,1-2H3. The Morgan fingerprint density at radius 1 is 1.32 bits per heavy atom. The minimum absolute atomic E-state index is 0.573. The first-order valence-corrected chi connectivity index (χ1v) is 8.43. The Hall–Kier alpha value is -0.840. The molecule has 0 bridgehead atoms. The monoisotopic (exact) mass is 292 g/mol. The lowest BCUT2D eigenvalue weighted by Gasteiger charge is -2.08. The summed E-state index contributed by atoms with van der Waals surface area (Å²) in [7, 11) is 0. The van der Waals surface area contributed by atoms with E-state index in [2.05, 4.69) is 48.4 Å². The maximum absolute atomic E-state index is 4.49. The first-order chi connectivity index (χ1) is 9.28. The Bertz CT molecular complexity index is 482. The zero-order valence-corrected chi connectivity index (χ0v) is 13.1. The topological polar surface area (TPSA) is 24.9 Å². The van der Waals surface area contributed by atoms with Crippen molar-refractivity contribution in [2.24, 2.45) is 0 Å². The van der Waals surface area contributed by atoms with Crippen molar-refractivity contribution in [2.75, 3.05) is 0 Å². The molecule has 1 aromatic carbocycles. The third-order valence-electron chi connectivity index (χ3n) is 2.94. The van der Waals surface area contributed by atoms with E-state index in [1.165, 1.54) is 14.8 Å². The van der Waals surface area contributed by atoms with Gasteiger partial charge in [0.1, 0.15) is 5.01 Å². The summed E-state index contributed by atoms with van der Waals surface area (Å²) in [6, 6.07) is 11.1. The summed E-state index contributed by atoms with van der Waals surface area (Å²) in [6.07, 6.45) is 3.16. The molecule has 0 saturated heterocycles. The Morgan fingerprint density at radius 2 is 2.11 bits per heavy atom. The van der Waals surface area contributed by atoms with Gasteiger partial charge in [-0.2, -0.15) is 0 Å². The first-order valence-electron chi connectivity index (χ1n) is 6.62. The van der Waals surface area contributed by atoms with Gasteiger partial charge in [-0.3, -0.25) is 0 Å². The normalized spacial score (nSPS) is 12.5. The average Bonchev–Trinajstić information content (AvgIpc) is 2.91. The Morgan fingerprint density at radius 3 is 2.84 bits per heavy atom. The van der Waals surface area contributed by atoms with Gasteiger partial charge in [-0.1, -0.05) is 25.1 Å². The van der Waals surface area contributed by atoms with Crippen molar-refractivity contribution in [1.82, 2.24) is 10.3 Å². The average molecular weight is 292 g/mol. The van der Waals surface area contributed by atoms with Crippen molar-refractivity contribution >= 4 is 23.1 Å². The van der Waals surface area contributed by atoms with Gasteiger partial charge in [-0.25, -0.2) is 4.98 Å². The van der Waals surface area contributed by atoms with E-state index in [0.29, 0.717) is 6.04 Å². The number of rotatable bonds is 7. The molecule has 4 heteroatoms. The molecule has 2 rings (SSSR count). The van der Waals surface area contributed by atoms with Gasteiger partial charge in [0.05, 0.1) is 5.75 Å². The Kier molecular flexibility index (Phi) is 5.89. The summed E-state index contributed by atoms with van der Waals surface area (Å²) in [6.45, 7) is 5.35. The second-order valence-electron chi connectivity index (χ2n) is 4.51. The second-order valence-corrected chi connectivity index (χ2v) is 6.76. The van der Waals surface area contributed by atoms with Crippen LogP contribution in [0.15, 0.2) is 41.4 Å². The van der Waals surface area contributed by atoms with Gasteiger partial charge in [0.25, 0.3) is 0 Å². The van der Waals surface area contributed by atoms with Crippen LogP contribution in [0, 0.1) is 0 Å². The van der Waals surface area contributed by atoms with Crippen LogP contribution in [0.4, 0.5) is 0 Å². The zero-order valence-electron chi connectivity index (χ0n) is 11.4. The number of thiazole rings is 1. The predicted octanol–water partition coefficient (Wildman–Crippen LogP) is 4.32. The fraction of sp³-hybridized carbons (Fsp3) is 0.400. The minimum Gasteiger partial charge on any atom is -0.309 e. The van der Waals surface area contributed by atoms with Crippen molar-refractivity contribution in [2.45, 2.75) is 43.5 Å². The molecule has 1 unspecified atom stereocenters. The second kappa shape index (κ2) is 7.68. The van der Waals surface area contributed by atoms with Gasteiger partial charge in [0.15, 0.2) is 0 Å². The van der Waals surface area contributed by atoms with E-state index < -0.39 is 0 Å². The predicted molar refractivity (Wildman–Crippen MR) is 84.7 cm³/mol. The van der Waals surface area contributed by atoms with Crippen LogP contribution in [0.2, 0.25) is 0 Å². The van der Waals surface area contributed by atoms with Crippen LogP contribution in [0.25, 0.3) is 0 Å². The fourth-order valence-electron chi connectivity index (χ4n) is 1.58. The number of nitrogens with one attached hydrogen (secondary N) is 1. The van der Waals surface area contributed by atoms with Gasteiger partial charge < -0.3 is 5.32 Å². The summed E-state index contributed by atoms with van der Waals surface area (Å²) >= 11 is 3.65. The molecule has 0 aliphatic rings. The molecular formula is C15H20N2S2. The van der Waals surface area contributed by atoms with Crippen LogP contribution >= 0.6 is 23.1 Å². The summed E-state index contributed by atoms with van der Waals surface area (Å²) in [5, 5.41) is 4.70. The van der Waals surface area contributed by atoms with E-state index in [1.807, 2.05) is 35.4 Å². The van der Waals surface area contributed by atoms with Crippen LogP contribution in [0.3, 0.4) is 0 Å². The number of hydrogen-bond donors (Lipinski definition) is 1. The third kappa shape index (κ3) is 4.97. The molecule has 1 N–H and O–H groups in total. The van der Waals surface area contributed by atoms with Gasteiger partial charge in [0, 0.05) is 28.6 Å². The number of hydrogen-bond acceptors (Lipinski definition) is 4. The molecule has 19 heavy (non-hydrogen) atoms. The van der Waals surface area contributed by atoms with Crippen LogP contribution in [-0.4, -0.2) is 11.0 Å². The van der Waals surface area contributed by atoms with E-state index in [9.17, 15) is 0 Å². The van der Waals surface area contributed by atoms with E-state index in [4.69, 9.17) is 0 Å². The number of benzene rings is 1. The quantitative estimate of drug-likeness (QED) is 0.769. The molecule has 2 aromatic rings.